The lowest BCUT2D eigenvalue weighted by Crippen LogP contribution is -2.28. The van der Waals surface area contributed by atoms with Gasteiger partial charge in [0.15, 0.2) is 5.84 Å². The van der Waals surface area contributed by atoms with Crippen molar-refractivity contribution >= 4 is 11.5 Å². The number of hydrogen-bond acceptors (Lipinski definition) is 7. The Bertz CT molecular complexity index is 516. The molecule has 1 heterocycles. The highest BCUT2D eigenvalue weighted by Crippen LogP contribution is 2.20. The van der Waals surface area contributed by atoms with Crippen LogP contribution in [0.5, 0.6) is 5.88 Å². The molecular weight excluding hydrogens is 278 g/mol. The first-order valence-corrected chi connectivity index (χ1v) is 6.50. The van der Waals surface area contributed by atoms with Gasteiger partial charge in [-0.3, -0.25) is 10.1 Å². The first-order chi connectivity index (χ1) is 10.0. The molecule has 0 spiro atoms. The second kappa shape index (κ2) is 8.00. The Morgan fingerprint density at radius 3 is 2.76 bits per heavy atom. The Morgan fingerprint density at radius 2 is 2.24 bits per heavy atom. The van der Waals surface area contributed by atoms with Gasteiger partial charge in [0.1, 0.15) is 12.8 Å². The van der Waals surface area contributed by atoms with Crippen molar-refractivity contribution in [3.05, 3.63) is 27.9 Å². The van der Waals surface area contributed by atoms with Gasteiger partial charge in [-0.15, -0.1) is 0 Å². The largest absolute Gasteiger partial charge is 0.476 e. The number of ether oxygens (including phenoxy) is 1. The van der Waals surface area contributed by atoms with Crippen LogP contribution in [0.15, 0.2) is 17.4 Å². The predicted octanol–water partition coefficient (Wildman–Crippen LogP) is 0.805. The fourth-order valence-corrected chi connectivity index (χ4v) is 1.70. The third-order valence-corrected chi connectivity index (χ3v) is 2.97. The fraction of sp³-hybridized carbons (Fsp3) is 0.500. The summed E-state index contributed by atoms with van der Waals surface area (Å²) in [6, 6.07) is 1.16. The van der Waals surface area contributed by atoms with Gasteiger partial charge >= 0.3 is 0 Å². The standard InChI is InChI=1S/C12H19N5O4/c1-3-16(4-2)5-6-21-12-10(11(13)15-18)7-9(8-14-12)17(19)20/h7-8,18H,3-6H2,1-2H3,(H2,13,15). The number of nitro groups is 1. The van der Waals surface area contributed by atoms with Crippen molar-refractivity contribution < 1.29 is 14.9 Å². The Labute approximate surface area is 122 Å². The van der Waals surface area contributed by atoms with Crippen LogP contribution in [0.3, 0.4) is 0 Å². The summed E-state index contributed by atoms with van der Waals surface area (Å²) >= 11 is 0. The van der Waals surface area contributed by atoms with Gasteiger partial charge < -0.3 is 20.6 Å². The summed E-state index contributed by atoms with van der Waals surface area (Å²) in [6.45, 7) is 6.88. The molecule has 0 saturated carbocycles. The molecule has 9 heteroatoms. The lowest BCUT2D eigenvalue weighted by molar-refractivity contribution is -0.385. The molecule has 0 radical (unpaired) electrons. The molecule has 1 aromatic heterocycles. The number of pyridine rings is 1. The highest BCUT2D eigenvalue weighted by atomic mass is 16.6. The molecule has 3 N–H and O–H groups in total. The molecule has 0 fully saturated rings. The van der Waals surface area contributed by atoms with E-state index in [4.69, 9.17) is 15.7 Å². The van der Waals surface area contributed by atoms with E-state index < -0.39 is 4.92 Å². The molecule has 0 aliphatic rings. The van der Waals surface area contributed by atoms with Gasteiger partial charge in [-0.25, -0.2) is 4.98 Å². The van der Waals surface area contributed by atoms with Crippen LogP contribution in [-0.4, -0.2) is 52.1 Å². The maximum absolute atomic E-state index is 10.7. The minimum absolute atomic E-state index is 0.0891. The van der Waals surface area contributed by atoms with Crippen LogP contribution in [-0.2, 0) is 0 Å². The van der Waals surface area contributed by atoms with E-state index in [9.17, 15) is 10.1 Å². The Hall–Kier alpha value is -2.42. The maximum atomic E-state index is 10.7. The first kappa shape index (κ1) is 16.6. The van der Waals surface area contributed by atoms with Crippen molar-refractivity contribution in [3.63, 3.8) is 0 Å². The van der Waals surface area contributed by atoms with Crippen molar-refractivity contribution in [1.29, 1.82) is 0 Å². The molecule has 0 bridgehead atoms. The summed E-state index contributed by atoms with van der Waals surface area (Å²) in [6.07, 6.45) is 1.07. The van der Waals surface area contributed by atoms with Crippen LogP contribution in [0.1, 0.15) is 19.4 Å². The molecule has 21 heavy (non-hydrogen) atoms. The van der Waals surface area contributed by atoms with Crippen LogP contribution in [0.4, 0.5) is 5.69 Å². The smallest absolute Gasteiger partial charge is 0.288 e. The minimum Gasteiger partial charge on any atom is -0.476 e. The van der Waals surface area contributed by atoms with E-state index >= 15 is 0 Å². The highest BCUT2D eigenvalue weighted by Gasteiger charge is 2.16. The Kier molecular flexibility index (Phi) is 6.34. The van der Waals surface area contributed by atoms with E-state index in [2.05, 4.69) is 15.0 Å². The molecule has 0 unspecified atom stereocenters. The van der Waals surface area contributed by atoms with Gasteiger partial charge in [0.05, 0.1) is 10.5 Å². The number of amidine groups is 1. The summed E-state index contributed by atoms with van der Waals surface area (Å²) in [5.41, 5.74) is 5.33. The van der Waals surface area contributed by atoms with Crippen LogP contribution in [0.25, 0.3) is 0 Å². The monoisotopic (exact) mass is 297 g/mol. The van der Waals surface area contributed by atoms with Gasteiger partial charge in [-0.05, 0) is 13.1 Å². The minimum atomic E-state index is -0.610. The summed E-state index contributed by atoms with van der Waals surface area (Å²) < 4.78 is 5.48. The molecule has 116 valence electrons. The van der Waals surface area contributed by atoms with E-state index in [0.29, 0.717) is 13.2 Å². The van der Waals surface area contributed by atoms with Crippen LogP contribution in [0.2, 0.25) is 0 Å². The number of rotatable bonds is 8. The van der Waals surface area contributed by atoms with Crippen molar-refractivity contribution in [2.24, 2.45) is 10.9 Å². The van der Waals surface area contributed by atoms with Crippen molar-refractivity contribution in [3.8, 4) is 5.88 Å². The van der Waals surface area contributed by atoms with Gasteiger partial charge in [-0.2, -0.15) is 0 Å². The van der Waals surface area contributed by atoms with Crippen molar-refractivity contribution in [2.75, 3.05) is 26.2 Å². The molecular formula is C12H19N5O4. The van der Waals surface area contributed by atoms with Gasteiger partial charge in [0.2, 0.25) is 5.88 Å². The van der Waals surface area contributed by atoms with Crippen LogP contribution in [0, 0.1) is 10.1 Å². The van der Waals surface area contributed by atoms with Crippen LogP contribution < -0.4 is 10.5 Å². The molecule has 0 aliphatic carbocycles. The summed E-state index contributed by atoms with van der Waals surface area (Å²) in [4.78, 5) is 16.1. The quantitative estimate of drug-likeness (QED) is 0.239. The summed E-state index contributed by atoms with van der Waals surface area (Å²) in [5.74, 6) is -0.188. The third-order valence-electron chi connectivity index (χ3n) is 2.97. The molecule has 9 nitrogen and oxygen atoms in total. The average molecular weight is 297 g/mol. The molecule has 0 aliphatic heterocycles. The Morgan fingerprint density at radius 1 is 1.57 bits per heavy atom. The van der Waals surface area contributed by atoms with E-state index in [1.807, 2.05) is 13.8 Å². The molecule has 1 rings (SSSR count). The van der Waals surface area contributed by atoms with Gasteiger partial charge in [0, 0.05) is 12.6 Å². The normalized spacial score (nSPS) is 11.7. The van der Waals surface area contributed by atoms with Crippen molar-refractivity contribution in [1.82, 2.24) is 9.88 Å². The zero-order valence-corrected chi connectivity index (χ0v) is 12.0. The van der Waals surface area contributed by atoms with E-state index in [-0.39, 0.29) is 23.0 Å². The van der Waals surface area contributed by atoms with Gasteiger partial charge in [0.25, 0.3) is 5.69 Å². The molecule has 0 atom stereocenters. The fourth-order valence-electron chi connectivity index (χ4n) is 1.70. The second-order valence-corrected chi connectivity index (χ2v) is 4.16. The molecule has 1 aromatic rings. The molecule has 0 aromatic carbocycles. The predicted molar refractivity (Wildman–Crippen MR) is 76.7 cm³/mol. The first-order valence-electron chi connectivity index (χ1n) is 6.50. The number of nitrogens with zero attached hydrogens (tertiary/aromatic N) is 4. The average Bonchev–Trinajstić information content (AvgIpc) is 2.50. The molecule has 0 amide bonds. The topological polar surface area (TPSA) is 127 Å². The number of likely N-dealkylation sites (N-methyl/N-ethyl adjacent to an activating group) is 1. The highest BCUT2D eigenvalue weighted by molar-refractivity contribution is 5.99. The SMILES string of the molecule is CCN(CC)CCOc1ncc([N+](=O)[O-])cc1C(N)=NO. The number of nitrogens with two attached hydrogens (primary N) is 1. The zero-order chi connectivity index (χ0) is 15.8. The summed E-state index contributed by atoms with van der Waals surface area (Å²) in [7, 11) is 0. The number of hydrogen-bond donors (Lipinski definition) is 2. The molecule has 0 saturated heterocycles. The van der Waals surface area contributed by atoms with Crippen molar-refractivity contribution in [2.45, 2.75) is 13.8 Å². The van der Waals surface area contributed by atoms with E-state index in [1.54, 1.807) is 0 Å². The van der Waals surface area contributed by atoms with Crippen LogP contribution >= 0.6 is 0 Å². The maximum Gasteiger partial charge on any atom is 0.288 e. The summed E-state index contributed by atoms with van der Waals surface area (Å²) in [5, 5.41) is 22.3. The Balaban J connectivity index is 2.88. The number of aromatic nitrogens is 1. The van der Waals surface area contributed by atoms with E-state index in [0.717, 1.165) is 25.4 Å². The lowest BCUT2D eigenvalue weighted by atomic mass is 10.2. The van der Waals surface area contributed by atoms with Gasteiger partial charge in [-0.1, -0.05) is 19.0 Å². The zero-order valence-electron chi connectivity index (χ0n) is 12.0. The van der Waals surface area contributed by atoms with E-state index in [1.165, 1.54) is 0 Å². The number of oxime groups is 1. The second-order valence-electron chi connectivity index (χ2n) is 4.16. The lowest BCUT2D eigenvalue weighted by Gasteiger charge is -2.18. The third kappa shape index (κ3) is 4.56.